The Kier molecular flexibility index (Phi) is 3.95. The number of nitrogens with zero attached hydrogens (tertiary/aromatic N) is 1. The fraction of sp³-hybridized carbons (Fsp3) is 0.0556. The van der Waals surface area contributed by atoms with Crippen molar-refractivity contribution in [2.45, 2.75) is 0 Å². The maximum absolute atomic E-state index is 14.2. The summed E-state index contributed by atoms with van der Waals surface area (Å²) in [5, 5.41) is 0.933. The molecule has 1 aromatic heterocycles. The average molecular weight is 324 g/mol. The largest absolute Gasteiger partial charge is 0.465 e. The van der Waals surface area contributed by atoms with Crippen molar-refractivity contribution >= 4 is 22.6 Å². The predicted octanol–water partition coefficient (Wildman–Crippen LogP) is 2.93. The molecule has 0 saturated carbocycles. The Morgan fingerprint density at radius 3 is 2.54 bits per heavy atom. The van der Waals surface area contributed by atoms with Crippen LogP contribution in [0.3, 0.4) is 0 Å². The first-order valence-electron chi connectivity index (χ1n) is 7.08. The van der Waals surface area contributed by atoms with Gasteiger partial charge in [0.05, 0.1) is 23.9 Å². The van der Waals surface area contributed by atoms with Crippen LogP contribution >= 0.6 is 0 Å². The van der Waals surface area contributed by atoms with Gasteiger partial charge < -0.3 is 10.5 Å². The molecule has 0 bridgehead atoms. The first kappa shape index (κ1) is 15.6. The van der Waals surface area contributed by atoms with E-state index >= 15 is 0 Å². The number of aromatic nitrogens is 1. The molecule has 2 N–H and O–H groups in total. The molecule has 0 fully saturated rings. The minimum absolute atomic E-state index is 0.196. The van der Waals surface area contributed by atoms with Gasteiger partial charge in [-0.05, 0) is 29.7 Å². The lowest BCUT2D eigenvalue weighted by molar-refractivity contribution is 0.0601. The molecule has 3 rings (SSSR count). The van der Waals surface area contributed by atoms with Gasteiger partial charge in [0.15, 0.2) is 0 Å². The van der Waals surface area contributed by atoms with E-state index in [9.17, 15) is 14.0 Å². The van der Waals surface area contributed by atoms with Crippen molar-refractivity contribution < 1.29 is 18.7 Å². The van der Waals surface area contributed by atoms with Crippen LogP contribution in [-0.4, -0.2) is 24.0 Å². The number of benzene rings is 2. The average Bonchev–Trinajstić information content (AvgIpc) is 2.60. The molecule has 24 heavy (non-hydrogen) atoms. The Labute approximate surface area is 136 Å². The van der Waals surface area contributed by atoms with Crippen molar-refractivity contribution in [3.05, 3.63) is 65.6 Å². The number of carbonyl (C=O) groups excluding carboxylic acids is 2. The first-order chi connectivity index (χ1) is 11.5. The Bertz CT molecular complexity index is 970. The molecule has 1 amide bonds. The van der Waals surface area contributed by atoms with E-state index < -0.39 is 17.7 Å². The number of ether oxygens (including phenoxy) is 1. The van der Waals surface area contributed by atoms with E-state index in [0.29, 0.717) is 16.5 Å². The lowest BCUT2D eigenvalue weighted by Gasteiger charge is -2.11. The quantitative estimate of drug-likeness (QED) is 0.751. The molecule has 6 heteroatoms. The number of esters is 1. The van der Waals surface area contributed by atoms with Gasteiger partial charge >= 0.3 is 5.97 Å². The maximum atomic E-state index is 14.2. The Hall–Kier alpha value is -3.28. The summed E-state index contributed by atoms with van der Waals surface area (Å²) in [4.78, 5) is 27.6. The molecule has 0 aliphatic carbocycles. The van der Waals surface area contributed by atoms with Crippen LogP contribution in [-0.2, 0) is 4.74 Å². The topological polar surface area (TPSA) is 82.3 Å². The van der Waals surface area contributed by atoms with Gasteiger partial charge in [-0.15, -0.1) is 0 Å². The zero-order valence-corrected chi connectivity index (χ0v) is 12.7. The van der Waals surface area contributed by atoms with Crippen LogP contribution in [0.15, 0.2) is 48.7 Å². The zero-order chi connectivity index (χ0) is 17.3. The SMILES string of the molecule is COC(=O)c1ccc2c(C(N)=O)cnc(-c3ccccc3F)c2c1. The van der Waals surface area contributed by atoms with E-state index in [0.717, 1.165) is 0 Å². The molecule has 3 aromatic rings. The highest BCUT2D eigenvalue weighted by atomic mass is 19.1. The lowest BCUT2D eigenvalue weighted by atomic mass is 9.98. The van der Waals surface area contributed by atoms with Crippen LogP contribution in [0.25, 0.3) is 22.0 Å². The minimum Gasteiger partial charge on any atom is -0.465 e. The highest BCUT2D eigenvalue weighted by Gasteiger charge is 2.17. The summed E-state index contributed by atoms with van der Waals surface area (Å²) < 4.78 is 18.9. The standard InChI is InChI=1S/C18H13FN2O3/c1-24-18(23)10-6-7-11-13(8-10)16(21-9-14(11)17(20)22)12-4-2-3-5-15(12)19/h2-9H,1H3,(H2,20,22). The highest BCUT2D eigenvalue weighted by molar-refractivity contribution is 6.10. The van der Waals surface area contributed by atoms with Crippen LogP contribution < -0.4 is 5.73 Å². The van der Waals surface area contributed by atoms with E-state index in [-0.39, 0.29) is 16.7 Å². The monoisotopic (exact) mass is 324 g/mol. The number of fused-ring (bicyclic) bond motifs is 1. The van der Waals surface area contributed by atoms with Gasteiger partial charge in [-0.3, -0.25) is 9.78 Å². The van der Waals surface area contributed by atoms with Crippen molar-refractivity contribution in [3.63, 3.8) is 0 Å². The molecule has 1 heterocycles. The summed E-state index contributed by atoms with van der Waals surface area (Å²) in [5.74, 6) is -1.65. The molecule has 0 unspecified atom stereocenters. The van der Waals surface area contributed by atoms with Crippen molar-refractivity contribution in [1.82, 2.24) is 4.98 Å². The van der Waals surface area contributed by atoms with Crippen LogP contribution in [0.5, 0.6) is 0 Å². The van der Waals surface area contributed by atoms with E-state index in [2.05, 4.69) is 4.98 Å². The Morgan fingerprint density at radius 1 is 1.12 bits per heavy atom. The smallest absolute Gasteiger partial charge is 0.337 e. The minimum atomic E-state index is -0.654. The van der Waals surface area contributed by atoms with Crippen molar-refractivity contribution in [2.24, 2.45) is 5.73 Å². The van der Waals surface area contributed by atoms with Crippen molar-refractivity contribution in [1.29, 1.82) is 0 Å². The van der Waals surface area contributed by atoms with Gasteiger partial charge in [0.25, 0.3) is 5.91 Å². The second-order valence-electron chi connectivity index (χ2n) is 5.12. The summed E-state index contributed by atoms with van der Waals surface area (Å²) in [6.45, 7) is 0. The normalized spacial score (nSPS) is 10.6. The predicted molar refractivity (Wildman–Crippen MR) is 87.0 cm³/mol. The molecule has 0 spiro atoms. The molecule has 0 aliphatic rings. The van der Waals surface area contributed by atoms with E-state index in [1.807, 2.05) is 0 Å². The number of pyridine rings is 1. The number of primary amides is 1. The molecule has 0 atom stereocenters. The summed E-state index contributed by atoms with van der Waals surface area (Å²) >= 11 is 0. The number of halogens is 1. The third-order valence-corrected chi connectivity index (χ3v) is 3.70. The van der Waals surface area contributed by atoms with E-state index in [4.69, 9.17) is 10.5 Å². The number of carbonyl (C=O) groups is 2. The maximum Gasteiger partial charge on any atom is 0.337 e. The Balaban J connectivity index is 2.37. The molecule has 120 valence electrons. The van der Waals surface area contributed by atoms with Crippen LogP contribution in [0, 0.1) is 5.82 Å². The third-order valence-electron chi connectivity index (χ3n) is 3.70. The van der Waals surface area contributed by atoms with Gasteiger partial charge in [0.2, 0.25) is 0 Å². The fourth-order valence-corrected chi connectivity index (χ4v) is 2.55. The van der Waals surface area contributed by atoms with E-state index in [1.54, 1.807) is 24.3 Å². The molecular formula is C18H13FN2O3. The summed E-state index contributed by atoms with van der Waals surface area (Å²) in [7, 11) is 1.27. The Morgan fingerprint density at radius 2 is 1.88 bits per heavy atom. The van der Waals surface area contributed by atoms with Gasteiger partial charge in [-0.1, -0.05) is 18.2 Å². The zero-order valence-electron chi connectivity index (χ0n) is 12.7. The van der Waals surface area contributed by atoms with Gasteiger partial charge in [0, 0.05) is 17.1 Å². The van der Waals surface area contributed by atoms with Crippen molar-refractivity contribution in [2.75, 3.05) is 7.11 Å². The summed E-state index contributed by atoms with van der Waals surface area (Å²) in [6.07, 6.45) is 1.31. The number of nitrogens with two attached hydrogens (primary N) is 1. The molecule has 0 aliphatic heterocycles. The second-order valence-corrected chi connectivity index (χ2v) is 5.12. The fourth-order valence-electron chi connectivity index (χ4n) is 2.55. The first-order valence-corrected chi connectivity index (χ1v) is 7.08. The van der Waals surface area contributed by atoms with Gasteiger partial charge in [-0.2, -0.15) is 0 Å². The van der Waals surface area contributed by atoms with Crippen LogP contribution in [0.4, 0.5) is 4.39 Å². The number of amides is 1. The van der Waals surface area contributed by atoms with Crippen LogP contribution in [0.1, 0.15) is 20.7 Å². The van der Waals surface area contributed by atoms with Gasteiger partial charge in [0.1, 0.15) is 5.82 Å². The second kappa shape index (κ2) is 6.08. The number of methoxy groups -OCH3 is 1. The third kappa shape index (κ3) is 2.58. The molecule has 0 radical (unpaired) electrons. The van der Waals surface area contributed by atoms with Gasteiger partial charge in [-0.25, -0.2) is 9.18 Å². The number of rotatable bonds is 3. The summed E-state index contributed by atoms with van der Waals surface area (Å²) in [6, 6.07) is 10.7. The lowest BCUT2D eigenvalue weighted by Crippen LogP contribution is -2.12. The summed E-state index contributed by atoms with van der Waals surface area (Å²) in [5.41, 5.74) is 6.43. The van der Waals surface area contributed by atoms with E-state index in [1.165, 1.54) is 31.5 Å². The molecule has 0 saturated heterocycles. The van der Waals surface area contributed by atoms with Crippen LogP contribution in [0.2, 0.25) is 0 Å². The number of hydrogen-bond donors (Lipinski definition) is 1. The molecule has 5 nitrogen and oxygen atoms in total. The molecular weight excluding hydrogens is 311 g/mol. The highest BCUT2D eigenvalue weighted by Crippen LogP contribution is 2.31. The molecule has 2 aromatic carbocycles. The number of hydrogen-bond acceptors (Lipinski definition) is 4. The van der Waals surface area contributed by atoms with Crippen molar-refractivity contribution in [3.8, 4) is 11.3 Å².